The molecule has 2 aromatic carbocycles. The highest BCUT2D eigenvalue weighted by Crippen LogP contribution is 2.49. The average molecular weight is 297 g/mol. The first-order chi connectivity index (χ1) is 10.5. The highest BCUT2D eigenvalue weighted by atomic mass is 19.1. The van der Waals surface area contributed by atoms with Gasteiger partial charge < -0.3 is 5.32 Å². The monoisotopic (exact) mass is 297 g/mol. The summed E-state index contributed by atoms with van der Waals surface area (Å²) in [6.07, 6.45) is 1.63. The molecule has 1 aliphatic rings. The summed E-state index contributed by atoms with van der Waals surface area (Å²) in [4.78, 5) is 12.6. The van der Waals surface area contributed by atoms with E-state index in [-0.39, 0.29) is 11.7 Å². The molecule has 114 valence electrons. The van der Waals surface area contributed by atoms with Crippen molar-refractivity contribution in [2.24, 2.45) is 0 Å². The second kappa shape index (κ2) is 5.56. The van der Waals surface area contributed by atoms with Gasteiger partial charge in [0.05, 0.1) is 5.41 Å². The Hall–Kier alpha value is -2.16. The number of amides is 1. The molecular formula is C19H20FNO. The van der Waals surface area contributed by atoms with Crippen molar-refractivity contribution in [1.82, 2.24) is 0 Å². The van der Waals surface area contributed by atoms with Gasteiger partial charge in [-0.3, -0.25) is 4.79 Å². The summed E-state index contributed by atoms with van der Waals surface area (Å²) < 4.78 is 13.0. The van der Waals surface area contributed by atoms with Crippen LogP contribution in [0.3, 0.4) is 0 Å². The summed E-state index contributed by atoms with van der Waals surface area (Å²) in [5.41, 5.74) is 2.47. The molecule has 0 radical (unpaired) electrons. The molecule has 2 aromatic rings. The normalized spacial score (nSPS) is 15.6. The average Bonchev–Trinajstić information content (AvgIpc) is 3.30. The number of hydrogen-bond acceptors (Lipinski definition) is 1. The van der Waals surface area contributed by atoms with Crippen LogP contribution < -0.4 is 5.32 Å². The first-order valence-electron chi connectivity index (χ1n) is 7.69. The van der Waals surface area contributed by atoms with Gasteiger partial charge in [-0.2, -0.15) is 0 Å². The van der Waals surface area contributed by atoms with E-state index in [1.165, 1.54) is 17.7 Å². The number of hydrogen-bond donors (Lipinski definition) is 1. The van der Waals surface area contributed by atoms with Crippen LogP contribution in [0, 0.1) is 5.82 Å². The van der Waals surface area contributed by atoms with E-state index in [0.29, 0.717) is 5.92 Å². The Morgan fingerprint density at radius 1 is 1.05 bits per heavy atom. The predicted molar refractivity (Wildman–Crippen MR) is 86.5 cm³/mol. The third kappa shape index (κ3) is 2.76. The van der Waals surface area contributed by atoms with E-state index in [1.54, 1.807) is 12.1 Å². The zero-order chi connectivity index (χ0) is 15.7. The molecular weight excluding hydrogens is 277 g/mol. The van der Waals surface area contributed by atoms with Gasteiger partial charge in [-0.1, -0.05) is 38.1 Å². The number of anilines is 1. The van der Waals surface area contributed by atoms with E-state index in [4.69, 9.17) is 0 Å². The highest BCUT2D eigenvalue weighted by Gasteiger charge is 2.51. The maximum absolute atomic E-state index is 13.0. The van der Waals surface area contributed by atoms with E-state index in [9.17, 15) is 9.18 Å². The quantitative estimate of drug-likeness (QED) is 0.876. The molecule has 0 aliphatic heterocycles. The van der Waals surface area contributed by atoms with E-state index in [2.05, 4.69) is 19.2 Å². The Kier molecular flexibility index (Phi) is 3.73. The largest absolute Gasteiger partial charge is 0.325 e. The van der Waals surface area contributed by atoms with Crippen molar-refractivity contribution < 1.29 is 9.18 Å². The van der Waals surface area contributed by atoms with E-state index in [0.717, 1.165) is 24.1 Å². The molecule has 0 saturated heterocycles. The lowest BCUT2D eigenvalue weighted by molar-refractivity contribution is -0.118. The molecule has 3 rings (SSSR count). The molecule has 1 saturated carbocycles. The fourth-order valence-corrected chi connectivity index (χ4v) is 2.74. The van der Waals surface area contributed by atoms with Crippen LogP contribution in [0.2, 0.25) is 0 Å². The van der Waals surface area contributed by atoms with Crippen LogP contribution in [0.25, 0.3) is 0 Å². The van der Waals surface area contributed by atoms with Crippen LogP contribution in [-0.2, 0) is 10.2 Å². The van der Waals surface area contributed by atoms with E-state index < -0.39 is 5.41 Å². The van der Waals surface area contributed by atoms with Gasteiger partial charge in [0.15, 0.2) is 0 Å². The van der Waals surface area contributed by atoms with Crippen LogP contribution in [0.4, 0.5) is 10.1 Å². The van der Waals surface area contributed by atoms with Gasteiger partial charge in [0.2, 0.25) is 5.91 Å². The number of halogens is 1. The van der Waals surface area contributed by atoms with Crippen molar-refractivity contribution in [3.63, 3.8) is 0 Å². The minimum atomic E-state index is -0.482. The van der Waals surface area contributed by atoms with Crippen molar-refractivity contribution >= 4 is 11.6 Å². The summed E-state index contributed by atoms with van der Waals surface area (Å²) in [7, 11) is 0. The fourth-order valence-electron chi connectivity index (χ4n) is 2.74. The first-order valence-corrected chi connectivity index (χ1v) is 7.69. The molecule has 0 aromatic heterocycles. The zero-order valence-corrected chi connectivity index (χ0v) is 12.9. The number of rotatable bonds is 4. The molecule has 22 heavy (non-hydrogen) atoms. The van der Waals surface area contributed by atoms with Crippen molar-refractivity contribution in [2.75, 3.05) is 5.32 Å². The summed E-state index contributed by atoms with van der Waals surface area (Å²) in [5.74, 6) is 0.194. The molecule has 2 nitrogen and oxygen atoms in total. The van der Waals surface area contributed by atoms with Crippen LogP contribution in [-0.4, -0.2) is 5.91 Å². The number of benzene rings is 2. The molecule has 0 bridgehead atoms. The van der Waals surface area contributed by atoms with Crippen LogP contribution in [0.5, 0.6) is 0 Å². The van der Waals surface area contributed by atoms with Crippen LogP contribution in [0.1, 0.15) is 43.7 Å². The Morgan fingerprint density at radius 3 is 2.14 bits per heavy atom. The van der Waals surface area contributed by atoms with Crippen LogP contribution >= 0.6 is 0 Å². The Labute approximate surface area is 130 Å². The minimum absolute atomic E-state index is 0.00333. The molecule has 3 heteroatoms. The number of carbonyl (C=O) groups is 1. The summed E-state index contributed by atoms with van der Waals surface area (Å²) in [6, 6.07) is 14.2. The van der Waals surface area contributed by atoms with Gasteiger partial charge in [-0.25, -0.2) is 4.39 Å². The van der Waals surface area contributed by atoms with Gasteiger partial charge in [-0.05, 0) is 54.2 Å². The lowest BCUT2D eigenvalue weighted by Gasteiger charge is -2.16. The van der Waals surface area contributed by atoms with Gasteiger partial charge in [0.25, 0.3) is 0 Å². The Balaban J connectivity index is 1.75. The number of nitrogens with one attached hydrogen (secondary N) is 1. The summed E-state index contributed by atoms with van der Waals surface area (Å²) in [6.45, 7) is 4.28. The smallest absolute Gasteiger partial charge is 0.235 e. The predicted octanol–water partition coefficient (Wildman–Crippen LogP) is 4.62. The minimum Gasteiger partial charge on any atom is -0.325 e. The molecule has 1 amide bonds. The third-order valence-corrected chi connectivity index (χ3v) is 4.42. The van der Waals surface area contributed by atoms with Gasteiger partial charge in [-0.15, -0.1) is 0 Å². The molecule has 1 fully saturated rings. The molecule has 0 heterocycles. The van der Waals surface area contributed by atoms with Crippen LogP contribution in [0.15, 0.2) is 48.5 Å². The third-order valence-electron chi connectivity index (χ3n) is 4.42. The van der Waals surface area contributed by atoms with Gasteiger partial charge >= 0.3 is 0 Å². The topological polar surface area (TPSA) is 29.1 Å². The van der Waals surface area contributed by atoms with E-state index >= 15 is 0 Å². The maximum Gasteiger partial charge on any atom is 0.235 e. The fraction of sp³-hybridized carbons (Fsp3) is 0.316. The summed E-state index contributed by atoms with van der Waals surface area (Å²) in [5, 5.41) is 2.99. The second-order valence-corrected chi connectivity index (χ2v) is 6.32. The standard InChI is InChI=1S/C19H20FNO/c1-13(2)14-3-9-17(10-4-14)21-18(22)19(11-12-19)15-5-7-16(20)8-6-15/h3-10,13H,11-12H2,1-2H3,(H,21,22). The Bertz CT molecular complexity index is 670. The molecule has 0 unspecified atom stereocenters. The zero-order valence-electron chi connectivity index (χ0n) is 12.9. The van der Waals surface area contributed by atoms with Gasteiger partial charge in [0.1, 0.15) is 5.82 Å². The van der Waals surface area contributed by atoms with Crippen molar-refractivity contribution in [3.8, 4) is 0 Å². The molecule has 1 aliphatic carbocycles. The maximum atomic E-state index is 13.0. The van der Waals surface area contributed by atoms with Crippen molar-refractivity contribution in [2.45, 2.75) is 38.0 Å². The van der Waals surface area contributed by atoms with Crippen molar-refractivity contribution in [1.29, 1.82) is 0 Å². The second-order valence-electron chi connectivity index (χ2n) is 6.32. The molecule has 0 spiro atoms. The lowest BCUT2D eigenvalue weighted by Crippen LogP contribution is -2.27. The molecule has 0 atom stereocenters. The van der Waals surface area contributed by atoms with Gasteiger partial charge in [0, 0.05) is 5.69 Å². The Morgan fingerprint density at radius 2 is 1.64 bits per heavy atom. The van der Waals surface area contributed by atoms with Crippen molar-refractivity contribution in [3.05, 3.63) is 65.5 Å². The summed E-state index contributed by atoms with van der Waals surface area (Å²) >= 11 is 0. The highest BCUT2D eigenvalue weighted by molar-refractivity contribution is 6.01. The van der Waals surface area contributed by atoms with E-state index in [1.807, 2.05) is 24.3 Å². The number of carbonyl (C=O) groups excluding carboxylic acids is 1. The SMILES string of the molecule is CC(C)c1ccc(NC(=O)C2(c3ccc(F)cc3)CC2)cc1. The lowest BCUT2D eigenvalue weighted by atomic mass is 9.94. The molecule has 1 N–H and O–H groups in total. The first kappa shape index (κ1) is 14.8.